The molecule has 0 spiro atoms. The number of fused-ring (bicyclic) bond motifs is 1. The molecule has 2 saturated heterocycles. The van der Waals surface area contributed by atoms with Gasteiger partial charge in [-0.1, -0.05) is 42.5 Å². The minimum absolute atomic E-state index is 0.0301. The van der Waals surface area contributed by atoms with Gasteiger partial charge < -0.3 is 19.3 Å². The number of hydrogen-bond acceptors (Lipinski definition) is 4. The predicted octanol–water partition coefficient (Wildman–Crippen LogP) is 3.23. The van der Waals surface area contributed by atoms with E-state index in [0.717, 1.165) is 57.1 Å². The van der Waals surface area contributed by atoms with Crippen molar-refractivity contribution in [2.45, 2.75) is 31.5 Å². The SMILES string of the molecule is O=C1N(Cc2ccccc2)CCN1C1CCCN(CC2COc3ccccc3O2)C1. The zero-order valence-electron chi connectivity index (χ0n) is 17.3. The minimum Gasteiger partial charge on any atom is -0.486 e. The number of piperidine rings is 1. The number of para-hydroxylation sites is 2. The van der Waals surface area contributed by atoms with Crippen molar-refractivity contribution < 1.29 is 14.3 Å². The molecule has 3 heterocycles. The highest BCUT2D eigenvalue weighted by atomic mass is 16.6. The fourth-order valence-corrected chi connectivity index (χ4v) is 4.78. The van der Waals surface area contributed by atoms with Crippen LogP contribution in [0.2, 0.25) is 0 Å². The summed E-state index contributed by atoms with van der Waals surface area (Å²) in [5, 5.41) is 0. The number of urea groups is 1. The molecule has 2 atom stereocenters. The van der Waals surface area contributed by atoms with E-state index in [0.29, 0.717) is 13.2 Å². The van der Waals surface area contributed by atoms with Gasteiger partial charge in [0.1, 0.15) is 12.7 Å². The Morgan fingerprint density at radius 2 is 1.73 bits per heavy atom. The third kappa shape index (κ3) is 4.10. The van der Waals surface area contributed by atoms with Gasteiger partial charge in [0.25, 0.3) is 0 Å². The van der Waals surface area contributed by atoms with Crippen LogP contribution in [-0.4, -0.2) is 72.2 Å². The Bertz CT molecular complexity index is 875. The molecule has 2 aromatic rings. The van der Waals surface area contributed by atoms with Gasteiger partial charge in [-0.3, -0.25) is 4.90 Å². The number of amides is 2. The summed E-state index contributed by atoms with van der Waals surface area (Å²) in [5.41, 5.74) is 1.19. The predicted molar refractivity (Wildman–Crippen MR) is 115 cm³/mol. The van der Waals surface area contributed by atoms with Crippen molar-refractivity contribution in [1.29, 1.82) is 0 Å². The van der Waals surface area contributed by atoms with E-state index in [9.17, 15) is 4.79 Å². The number of nitrogens with zero attached hydrogens (tertiary/aromatic N) is 3. The van der Waals surface area contributed by atoms with E-state index in [-0.39, 0.29) is 18.2 Å². The van der Waals surface area contributed by atoms with Crippen LogP contribution in [0.1, 0.15) is 18.4 Å². The summed E-state index contributed by atoms with van der Waals surface area (Å²) >= 11 is 0. The minimum atomic E-state index is 0.0301. The molecule has 6 nitrogen and oxygen atoms in total. The molecule has 6 heteroatoms. The van der Waals surface area contributed by atoms with E-state index in [1.54, 1.807) is 0 Å². The maximum Gasteiger partial charge on any atom is 0.320 e. The lowest BCUT2D eigenvalue weighted by atomic mass is 10.0. The third-order valence-electron chi connectivity index (χ3n) is 6.29. The molecule has 0 aromatic heterocycles. The van der Waals surface area contributed by atoms with Gasteiger partial charge in [-0.15, -0.1) is 0 Å². The van der Waals surface area contributed by atoms with Gasteiger partial charge in [0.15, 0.2) is 11.5 Å². The molecule has 0 N–H and O–H groups in total. The summed E-state index contributed by atoms with van der Waals surface area (Å²) in [5.74, 6) is 1.65. The summed E-state index contributed by atoms with van der Waals surface area (Å²) < 4.78 is 12.0. The van der Waals surface area contributed by atoms with Crippen LogP contribution in [0, 0.1) is 0 Å². The van der Waals surface area contributed by atoms with Gasteiger partial charge in [-0.2, -0.15) is 0 Å². The molecule has 0 saturated carbocycles. The number of carbonyl (C=O) groups excluding carboxylic acids is 1. The van der Waals surface area contributed by atoms with Crippen molar-refractivity contribution in [3.05, 3.63) is 60.2 Å². The molecule has 30 heavy (non-hydrogen) atoms. The van der Waals surface area contributed by atoms with Gasteiger partial charge in [-0.05, 0) is 37.1 Å². The fraction of sp³-hybridized carbons (Fsp3) is 0.458. The van der Waals surface area contributed by atoms with E-state index in [2.05, 4.69) is 21.9 Å². The maximum absolute atomic E-state index is 13.0. The van der Waals surface area contributed by atoms with Crippen LogP contribution in [0.25, 0.3) is 0 Å². The highest BCUT2D eigenvalue weighted by molar-refractivity contribution is 5.77. The normalized spacial score (nSPS) is 24.3. The summed E-state index contributed by atoms with van der Waals surface area (Å²) in [4.78, 5) is 19.5. The number of carbonyl (C=O) groups is 1. The van der Waals surface area contributed by atoms with Crippen LogP contribution in [0.4, 0.5) is 4.79 Å². The summed E-state index contributed by atoms with van der Waals surface area (Å²) in [6.07, 6.45) is 2.21. The summed E-state index contributed by atoms with van der Waals surface area (Å²) in [6.45, 7) is 5.69. The van der Waals surface area contributed by atoms with Gasteiger partial charge in [0.05, 0.1) is 0 Å². The number of hydrogen-bond donors (Lipinski definition) is 0. The standard InChI is InChI=1S/C24H29N3O3/c28-24-26(15-19-7-2-1-3-8-19)13-14-27(24)20-9-6-12-25(16-20)17-21-18-29-22-10-4-5-11-23(22)30-21/h1-5,7-8,10-11,20-21H,6,9,12-18H2. The van der Waals surface area contributed by atoms with Crippen LogP contribution in [-0.2, 0) is 6.54 Å². The second kappa shape index (κ2) is 8.56. The largest absolute Gasteiger partial charge is 0.486 e. The van der Waals surface area contributed by atoms with E-state index < -0.39 is 0 Å². The first-order valence-corrected chi connectivity index (χ1v) is 11.0. The summed E-state index contributed by atoms with van der Waals surface area (Å²) in [7, 11) is 0. The molecule has 2 amide bonds. The first-order valence-electron chi connectivity index (χ1n) is 11.0. The Hall–Kier alpha value is -2.73. The van der Waals surface area contributed by atoms with Crippen LogP contribution < -0.4 is 9.47 Å². The Kier molecular flexibility index (Phi) is 5.49. The quantitative estimate of drug-likeness (QED) is 0.764. The first-order chi connectivity index (χ1) is 14.8. The van der Waals surface area contributed by atoms with Crippen molar-refractivity contribution in [2.75, 3.05) is 39.3 Å². The van der Waals surface area contributed by atoms with E-state index in [1.165, 1.54) is 5.56 Å². The van der Waals surface area contributed by atoms with Crippen LogP contribution in [0.5, 0.6) is 11.5 Å². The van der Waals surface area contributed by atoms with Gasteiger partial charge in [0, 0.05) is 38.8 Å². The lowest BCUT2D eigenvalue weighted by Gasteiger charge is -2.39. The highest BCUT2D eigenvalue weighted by Gasteiger charge is 2.36. The second-order valence-corrected chi connectivity index (χ2v) is 8.44. The van der Waals surface area contributed by atoms with E-state index in [1.807, 2.05) is 47.4 Å². The lowest BCUT2D eigenvalue weighted by Crippen LogP contribution is -2.52. The molecule has 3 aliphatic heterocycles. The first kappa shape index (κ1) is 19.2. The van der Waals surface area contributed by atoms with Gasteiger partial charge in [0.2, 0.25) is 0 Å². The van der Waals surface area contributed by atoms with Crippen molar-refractivity contribution >= 4 is 6.03 Å². The molecule has 158 valence electrons. The molecular weight excluding hydrogens is 378 g/mol. The Labute approximate surface area is 178 Å². The van der Waals surface area contributed by atoms with Crippen molar-refractivity contribution in [2.24, 2.45) is 0 Å². The number of benzene rings is 2. The molecule has 2 aromatic carbocycles. The Morgan fingerprint density at radius 1 is 0.933 bits per heavy atom. The smallest absolute Gasteiger partial charge is 0.320 e. The van der Waals surface area contributed by atoms with Crippen molar-refractivity contribution in [3.63, 3.8) is 0 Å². The van der Waals surface area contributed by atoms with Gasteiger partial charge in [-0.25, -0.2) is 4.79 Å². The number of rotatable bonds is 5. The van der Waals surface area contributed by atoms with Crippen molar-refractivity contribution in [3.8, 4) is 11.5 Å². The topological polar surface area (TPSA) is 45.3 Å². The summed E-state index contributed by atoms with van der Waals surface area (Å²) in [6, 6.07) is 18.6. The van der Waals surface area contributed by atoms with E-state index >= 15 is 0 Å². The monoisotopic (exact) mass is 407 g/mol. The zero-order chi connectivity index (χ0) is 20.3. The molecule has 0 bridgehead atoms. The molecule has 3 aliphatic rings. The van der Waals surface area contributed by atoms with Crippen molar-refractivity contribution in [1.82, 2.24) is 14.7 Å². The second-order valence-electron chi connectivity index (χ2n) is 8.44. The van der Waals surface area contributed by atoms with E-state index in [4.69, 9.17) is 9.47 Å². The third-order valence-corrected chi connectivity index (χ3v) is 6.29. The maximum atomic E-state index is 13.0. The molecule has 0 radical (unpaired) electrons. The molecule has 2 unspecified atom stereocenters. The zero-order valence-corrected chi connectivity index (χ0v) is 17.3. The molecule has 2 fully saturated rings. The lowest BCUT2D eigenvalue weighted by molar-refractivity contribution is 0.0400. The van der Waals surface area contributed by atoms with Crippen LogP contribution in [0.3, 0.4) is 0 Å². The average molecular weight is 408 g/mol. The molecular formula is C24H29N3O3. The molecule has 0 aliphatic carbocycles. The van der Waals surface area contributed by atoms with Crippen LogP contribution >= 0.6 is 0 Å². The highest BCUT2D eigenvalue weighted by Crippen LogP contribution is 2.31. The average Bonchev–Trinajstić information content (AvgIpc) is 3.15. The van der Waals surface area contributed by atoms with Gasteiger partial charge >= 0.3 is 6.03 Å². The number of ether oxygens (including phenoxy) is 2. The Morgan fingerprint density at radius 3 is 2.60 bits per heavy atom. The van der Waals surface area contributed by atoms with Crippen LogP contribution in [0.15, 0.2) is 54.6 Å². The number of likely N-dealkylation sites (tertiary alicyclic amines) is 1. The molecule has 5 rings (SSSR count). The Balaban J connectivity index is 1.16. The fourth-order valence-electron chi connectivity index (χ4n) is 4.78.